The zero-order chi connectivity index (χ0) is 16.4. The van der Waals surface area contributed by atoms with Gasteiger partial charge >= 0.3 is 6.18 Å². The van der Waals surface area contributed by atoms with Gasteiger partial charge in [-0.2, -0.15) is 13.2 Å². The van der Waals surface area contributed by atoms with Gasteiger partial charge in [-0.25, -0.2) is 8.42 Å². The summed E-state index contributed by atoms with van der Waals surface area (Å²) in [6.45, 7) is 2.11. The summed E-state index contributed by atoms with van der Waals surface area (Å²) in [6.07, 6.45) is -5.48. The highest BCUT2D eigenvalue weighted by Crippen LogP contribution is 2.40. The Morgan fingerprint density at radius 1 is 1.38 bits per heavy atom. The number of hydrogen-bond donors (Lipinski definition) is 2. The molecule has 0 aliphatic carbocycles. The van der Waals surface area contributed by atoms with E-state index in [4.69, 9.17) is 5.73 Å². The molecule has 5 nitrogen and oxygen atoms in total. The molecule has 0 amide bonds. The number of Topliss-reactive ketones (excluding diaryl/α,β-unsaturated/α-hetero) is 1. The summed E-state index contributed by atoms with van der Waals surface area (Å²) in [4.78, 5) is 11.1. The summed E-state index contributed by atoms with van der Waals surface area (Å²) in [7, 11) is -3.75. The molecule has 21 heavy (non-hydrogen) atoms. The number of anilines is 2. The molecule has 0 aliphatic rings. The second kappa shape index (κ2) is 6.22. The molecule has 1 heterocycles. The normalized spacial score (nSPS) is 12.4. The zero-order valence-corrected chi connectivity index (χ0v) is 13.0. The predicted octanol–water partition coefficient (Wildman–Crippen LogP) is 2.69. The number of rotatable bonds is 6. The van der Waals surface area contributed by atoms with Crippen LogP contribution in [0.1, 0.15) is 29.9 Å². The fourth-order valence-electron chi connectivity index (χ4n) is 1.58. The number of halogens is 3. The summed E-state index contributed by atoms with van der Waals surface area (Å²) < 4.78 is 60.4. The molecule has 1 aromatic heterocycles. The highest BCUT2D eigenvalue weighted by molar-refractivity contribution is 7.91. The van der Waals surface area contributed by atoms with Crippen LogP contribution < -0.4 is 11.1 Å². The van der Waals surface area contributed by atoms with Gasteiger partial charge in [0.1, 0.15) is 9.90 Å². The standard InChI is InChI=1S/C11H15F3N2O3S2/c1-3-21(18,19)9-7(15)8(6(2)17)20-10(9)16-5-4-11(12,13)14/h16H,3-5,15H2,1-2H3. The third-order valence-electron chi connectivity index (χ3n) is 2.60. The lowest BCUT2D eigenvalue weighted by Crippen LogP contribution is -2.15. The van der Waals surface area contributed by atoms with Crippen molar-refractivity contribution >= 4 is 37.6 Å². The lowest BCUT2D eigenvalue weighted by atomic mass is 10.3. The second-order valence-electron chi connectivity index (χ2n) is 4.25. The van der Waals surface area contributed by atoms with E-state index in [1.54, 1.807) is 0 Å². The Morgan fingerprint density at radius 2 is 1.95 bits per heavy atom. The van der Waals surface area contributed by atoms with Crippen molar-refractivity contribution in [2.24, 2.45) is 0 Å². The monoisotopic (exact) mass is 344 g/mol. The van der Waals surface area contributed by atoms with Gasteiger partial charge in [-0.05, 0) is 0 Å². The molecule has 0 bridgehead atoms. The number of carbonyl (C=O) groups excluding carboxylic acids is 1. The predicted molar refractivity (Wildman–Crippen MR) is 75.6 cm³/mol. The molecule has 0 unspecified atom stereocenters. The number of nitrogens with one attached hydrogen (secondary N) is 1. The lowest BCUT2D eigenvalue weighted by molar-refractivity contribution is -0.131. The Balaban J connectivity index is 3.19. The molecule has 0 aromatic carbocycles. The molecule has 0 fully saturated rings. The van der Waals surface area contributed by atoms with E-state index in [1.807, 2.05) is 0 Å². The highest BCUT2D eigenvalue weighted by Gasteiger charge is 2.29. The van der Waals surface area contributed by atoms with Crippen LogP contribution in [0.5, 0.6) is 0 Å². The first kappa shape index (κ1) is 17.8. The minimum atomic E-state index is -4.36. The van der Waals surface area contributed by atoms with Crippen LogP contribution in [-0.2, 0) is 9.84 Å². The van der Waals surface area contributed by atoms with Gasteiger partial charge in [-0.1, -0.05) is 6.92 Å². The zero-order valence-electron chi connectivity index (χ0n) is 11.4. The van der Waals surface area contributed by atoms with Gasteiger partial charge in [0.2, 0.25) is 0 Å². The molecule has 0 radical (unpaired) electrons. The number of sulfone groups is 1. The topological polar surface area (TPSA) is 89.3 Å². The van der Waals surface area contributed by atoms with Crippen LogP contribution in [0, 0.1) is 0 Å². The summed E-state index contributed by atoms with van der Waals surface area (Å²) in [5.74, 6) is -0.701. The van der Waals surface area contributed by atoms with E-state index in [1.165, 1.54) is 13.8 Å². The van der Waals surface area contributed by atoms with Crippen molar-refractivity contribution in [2.45, 2.75) is 31.3 Å². The maximum atomic E-state index is 12.1. The fourth-order valence-corrected chi connectivity index (χ4v) is 4.17. The third-order valence-corrected chi connectivity index (χ3v) is 5.80. The van der Waals surface area contributed by atoms with Crippen molar-refractivity contribution in [1.82, 2.24) is 0 Å². The molecular weight excluding hydrogens is 329 g/mol. The quantitative estimate of drug-likeness (QED) is 0.775. The molecule has 0 saturated carbocycles. The highest BCUT2D eigenvalue weighted by atomic mass is 32.2. The van der Waals surface area contributed by atoms with E-state index in [0.29, 0.717) is 0 Å². The molecule has 1 aromatic rings. The molecule has 120 valence electrons. The van der Waals surface area contributed by atoms with Crippen LogP contribution in [0.4, 0.5) is 23.9 Å². The van der Waals surface area contributed by atoms with Crippen LogP contribution in [0.3, 0.4) is 0 Å². The Labute approximate surface area is 124 Å². The van der Waals surface area contributed by atoms with E-state index >= 15 is 0 Å². The van der Waals surface area contributed by atoms with Gasteiger partial charge in [-0.3, -0.25) is 4.79 Å². The van der Waals surface area contributed by atoms with Crippen LogP contribution >= 0.6 is 11.3 Å². The van der Waals surface area contributed by atoms with Crippen molar-refractivity contribution in [3.63, 3.8) is 0 Å². The summed E-state index contributed by atoms with van der Waals surface area (Å²) >= 11 is 0.755. The lowest BCUT2D eigenvalue weighted by Gasteiger charge is -2.09. The number of thiophene rings is 1. The minimum Gasteiger partial charge on any atom is -0.396 e. The average molecular weight is 344 g/mol. The fraction of sp³-hybridized carbons (Fsp3) is 0.545. The maximum absolute atomic E-state index is 12.1. The van der Waals surface area contributed by atoms with E-state index in [2.05, 4.69) is 5.32 Å². The van der Waals surface area contributed by atoms with Crippen molar-refractivity contribution < 1.29 is 26.4 Å². The van der Waals surface area contributed by atoms with E-state index in [9.17, 15) is 26.4 Å². The third kappa shape index (κ3) is 4.34. The SMILES string of the molecule is CCS(=O)(=O)c1c(NCCC(F)(F)F)sc(C(C)=O)c1N. The Morgan fingerprint density at radius 3 is 2.38 bits per heavy atom. The number of nitrogen functional groups attached to an aromatic ring is 1. The molecule has 3 N–H and O–H groups in total. The second-order valence-corrected chi connectivity index (χ2v) is 7.49. The molecular formula is C11H15F3N2O3S2. The summed E-state index contributed by atoms with van der Waals surface area (Å²) in [6, 6.07) is 0. The number of ketones is 1. The number of hydrogen-bond acceptors (Lipinski definition) is 6. The first-order valence-corrected chi connectivity index (χ1v) is 8.43. The first-order valence-electron chi connectivity index (χ1n) is 5.96. The van der Waals surface area contributed by atoms with Crippen molar-refractivity contribution in [3.05, 3.63) is 4.88 Å². The molecule has 1 rings (SSSR count). The summed E-state index contributed by atoms with van der Waals surface area (Å²) in [5.41, 5.74) is 5.47. The summed E-state index contributed by atoms with van der Waals surface area (Å²) in [5, 5.41) is 2.39. The van der Waals surface area contributed by atoms with E-state index < -0.39 is 34.8 Å². The Kier molecular flexibility index (Phi) is 5.26. The van der Waals surface area contributed by atoms with Crippen LogP contribution in [0.2, 0.25) is 0 Å². The average Bonchev–Trinajstić information content (AvgIpc) is 2.65. The minimum absolute atomic E-state index is 0.0243. The molecule has 0 aliphatic heterocycles. The number of alkyl halides is 3. The van der Waals surface area contributed by atoms with Crippen LogP contribution in [0.25, 0.3) is 0 Å². The van der Waals surface area contributed by atoms with Gasteiger partial charge in [0.25, 0.3) is 0 Å². The van der Waals surface area contributed by atoms with Crippen molar-refractivity contribution in [3.8, 4) is 0 Å². The van der Waals surface area contributed by atoms with Crippen LogP contribution in [0.15, 0.2) is 4.90 Å². The Bertz CT molecular complexity index is 636. The number of carbonyl (C=O) groups is 1. The first-order chi connectivity index (χ1) is 9.49. The van der Waals surface area contributed by atoms with Gasteiger partial charge in [-0.15, -0.1) is 11.3 Å². The molecule has 0 atom stereocenters. The Hall–Kier alpha value is -1.29. The van der Waals surface area contributed by atoms with Crippen molar-refractivity contribution in [2.75, 3.05) is 23.3 Å². The van der Waals surface area contributed by atoms with E-state index in [-0.39, 0.29) is 26.2 Å². The van der Waals surface area contributed by atoms with Crippen LogP contribution in [-0.4, -0.2) is 32.7 Å². The van der Waals surface area contributed by atoms with E-state index in [0.717, 1.165) is 11.3 Å². The molecule has 10 heteroatoms. The van der Waals surface area contributed by atoms with Gasteiger partial charge in [0.05, 0.1) is 22.7 Å². The number of nitrogens with two attached hydrogens (primary N) is 1. The smallest absolute Gasteiger partial charge is 0.390 e. The largest absolute Gasteiger partial charge is 0.396 e. The van der Waals surface area contributed by atoms with Gasteiger partial charge in [0.15, 0.2) is 15.6 Å². The molecule has 0 saturated heterocycles. The van der Waals surface area contributed by atoms with Gasteiger partial charge < -0.3 is 11.1 Å². The van der Waals surface area contributed by atoms with Gasteiger partial charge in [0, 0.05) is 13.5 Å². The molecule has 0 spiro atoms. The van der Waals surface area contributed by atoms with Crippen molar-refractivity contribution in [1.29, 1.82) is 0 Å². The maximum Gasteiger partial charge on any atom is 0.390 e.